The van der Waals surface area contributed by atoms with Gasteiger partial charge in [0.15, 0.2) is 16.5 Å². The molecule has 6 nitrogen and oxygen atoms in total. The lowest BCUT2D eigenvalue weighted by Gasteiger charge is -2.31. The first-order valence-corrected chi connectivity index (χ1v) is 10.9. The van der Waals surface area contributed by atoms with E-state index >= 15 is 0 Å². The molecule has 166 valence electrons. The van der Waals surface area contributed by atoms with Crippen molar-refractivity contribution in [2.24, 2.45) is 5.41 Å². The largest absolute Gasteiger partial charge is 0.493 e. The molecular weight excluding hydrogens is 402 g/mol. The maximum absolute atomic E-state index is 13.2. The summed E-state index contributed by atoms with van der Waals surface area (Å²) in [7, 11) is 3.18. The van der Waals surface area contributed by atoms with Gasteiger partial charge in [0.05, 0.1) is 20.8 Å². The second-order valence-corrected chi connectivity index (χ2v) is 8.59. The highest BCUT2D eigenvalue weighted by molar-refractivity contribution is 7.80. The van der Waals surface area contributed by atoms with Crippen LogP contribution in [-0.2, 0) is 14.3 Å². The molecule has 1 unspecified atom stereocenters. The first-order chi connectivity index (χ1) is 14.2. The third-order valence-electron chi connectivity index (χ3n) is 5.88. The fourth-order valence-corrected chi connectivity index (χ4v) is 3.99. The third kappa shape index (κ3) is 4.94. The highest BCUT2D eigenvalue weighted by atomic mass is 32.1. The molecule has 7 heteroatoms. The van der Waals surface area contributed by atoms with E-state index in [2.05, 4.69) is 0 Å². The fourth-order valence-electron chi connectivity index (χ4n) is 3.61. The highest BCUT2D eigenvalue weighted by Gasteiger charge is 2.45. The van der Waals surface area contributed by atoms with Crippen molar-refractivity contribution in [2.75, 3.05) is 27.4 Å². The van der Waals surface area contributed by atoms with Crippen LogP contribution in [0.25, 0.3) is 0 Å². The number of methoxy groups -OCH3 is 2. The van der Waals surface area contributed by atoms with Gasteiger partial charge in [-0.05, 0) is 49.2 Å². The molecule has 0 spiro atoms. The second kappa shape index (κ2) is 10.2. The highest BCUT2D eigenvalue weighted by Crippen LogP contribution is 2.39. The van der Waals surface area contributed by atoms with Gasteiger partial charge in [0.1, 0.15) is 6.04 Å². The van der Waals surface area contributed by atoms with Crippen molar-refractivity contribution in [3.63, 3.8) is 0 Å². The van der Waals surface area contributed by atoms with Crippen LogP contribution in [-0.4, -0.2) is 55.1 Å². The van der Waals surface area contributed by atoms with Crippen molar-refractivity contribution in [2.45, 2.75) is 58.9 Å². The van der Waals surface area contributed by atoms with Crippen LogP contribution in [0.2, 0.25) is 0 Å². The number of carbonyl (C=O) groups excluding carboxylic acids is 2. The number of ketones is 1. The fraction of sp³-hybridized carbons (Fsp3) is 0.609. The average molecular weight is 436 g/mol. The molecule has 0 saturated carbocycles. The Morgan fingerprint density at radius 3 is 2.40 bits per heavy atom. The minimum Gasteiger partial charge on any atom is -0.493 e. The summed E-state index contributed by atoms with van der Waals surface area (Å²) in [4.78, 5) is 27.6. The summed E-state index contributed by atoms with van der Waals surface area (Å²) in [6.07, 6.45) is 2.08. The standard InChI is InChI=1S/C23H33NO5S/c1-7-13-29-22(30)19-16(15-9-10-17(27-5)18(14-15)28-6)11-12-24(19)21(26)20(25)23(3,4)8-2/h9-10,14,16,19H,7-8,11-13H2,1-6H3/t16?,19-/m0/s1. The van der Waals surface area contributed by atoms with Crippen molar-refractivity contribution < 1.29 is 23.8 Å². The Morgan fingerprint density at radius 2 is 1.83 bits per heavy atom. The first kappa shape index (κ1) is 24.1. The number of benzene rings is 1. The number of hydrogen-bond donors (Lipinski definition) is 0. The van der Waals surface area contributed by atoms with E-state index in [0.29, 0.717) is 42.5 Å². The van der Waals surface area contributed by atoms with Crippen LogP contribution in [0.15, 0.2) is 18.2 Å². The minimum absolute atomic E-state index is 0.0874. The Hall–Kier alpha value is -2.15. The summed E-state index contributed by atoms with van der Waals surface area (Å²) in [5, 5.41) is 0.351. The Balaban J connectivity index is 2.40. The van der Waals surface area contributed by atoms with Crippen molar-refractivity contribution in [1.29, 1.82) is 0 Å². The molecule has 1 saturated heterocycles. The van der Waals surface area contributed by atoms with Crippen LogP contribution in [0, 0.1) is 5.41 Å². The first-order valence-electron chi connectivity index (χ1n) is 10.5. The van der Waals surface area contributed by atoms with Gasteiger partial charge >= 0.3 is 0 Å². The number of amides is 1. The van der Waals surface area contributed by atoms with Crippen LogP contribution < -0.4 is 9.47 Å². The molecule has 0 N–H and O–H groups in total. The predicted octanol–water partition coefficient (Wildman–Crippen LogP) is 4.15. The maximum Gasteiger partial charge on any atom is 0.291 e. The number of carbonyl (C=O) groups is 2. The summed E-state index contributed by atoms with van der Waals surface area (Å²) >= 11 is 5.59. The number of Topliss-reactive ketones (excluding diaryl/α,β-unsaturated/α-hetero) is 1. The molecule has 0 aromatic heterocycles. The molecule has 1 aliphatic rings. The smallest absolute Gasteiger partial charge is 0.291 e. The van der Waals surface area contributed by atoms with Crippen LogP contribution in [0.4, 0.5) is 0 Å². The molecule has 2 atom stereocenters. The van der Waals surface area contributed by atoms with Gasteiger partial charge in [-0.3, -0.25) is 9.59 Å². The predicted molar refractivity (Wildman–Crippen MR) is 120 cm³/mol. The molecule has 1 aromatic rings. The minimum atomic E-state index is -0.713. The lowest BCUT2D eigenvalue weighted by Crippen LogP contribution is -2.48. The zero-order chi connectivity index (χ0) is 22.5. The Kier molecular flexibility index (Phi) is 8.24. The quantitative estimate of drug-likeness (QED) is 0.429. The lowest BCUT2D eigenvalue weighted by atomic mass is 9.84. The van der Waals surface area contributed by atoms with Gasteiger partial charge in [0, 0.05) is 17.9 Å². The second-order valence-electron chi connectivity index (χ2n) is 8.19. The lowest BCUT2D eigenvalue weighted by molar-refractivity contribution is -0.149. The molecule has 30 heavy (non-hydrogen) atoms. The summed E-state index contributed by atoms with van der Waals surface area (Å²) in [6, 6.07) is 5.23. The van der Waals surface area contributed by atoms with E-state index in [4.69, 9.17) is 26.4 Å². The van der Waals surface area contributed by atoms with Crippen molar-refractivity contribution in [1.82, 2.24) is 4.90 Å². The van der Waals surface area contributed by atoms with Crippen LogP contribution in [0.3, 0.4) is 0 Å². The number of likely N-dealkylation sites (tertiary alicyclic amines) is 1. The summed E-state index contributed by atoms with van der Waals surface area (Å²) in [5.41, 5.74) is 0.257. The molecule has 1 aromatic carbocycles. The van der Waals surface area contributed by atoms with E-state index in [1.807, 2.05) is 32.0 Å². The normalized spacial score (nSPS) is 18.8. The molecule has 0 radical (unpaired) electrons. The van der Waals surface area contributed by atoms with E-state index in [-0.39, 0.29) is 11.7 Å². The molecule has 1 aliphatic heterocycles. The number of nitrogens with zero attached hydrogens (tertiary/aromatic N) is 1. The summed E-state index contributed by atoms with van der Waals surface area (Å²) < 4.78 is 16.6. The topological polar surface area (TPSA) is 65.1 Å². The van der Waals surface area contributed by atoms with Gasteiger partial charge in [0.2, 0.25) is 5.78 Å². The van der Waals surface area contributed by atoms with Crippen LogP contribution in [0.1, 0.15) is 58.4 Å². The zero-order valence-corrected chi connectivity index (χ0v) is 19.6. The summed E-state index contributed by atoms with van der Waals surface area (Å²) in [5.74, 6) is 0.282. The number of hydrogen-bond acceptors (Lipinski definition) is 6. The molecule has 0 aliphatic carbocycles. The molecule has 1 fully saturated rings. The molecule has 1 amide bonds. The zero-order valence-electron chi connectivity index (χ0n) is 18.8. The van der Waals surface area contributed by atoms with E-state index in [9.17, 15) is 9.59 Å². The van der Waals surface area contributed by atoms with Gasteiger partial charge < -0.3 is 19.1 Å². The van der Waals surface area contributed by atoms with E-state index in [1.54, 1.807) is 33.0 Å². The molecule has 0 bridgehead atoms. The monoisotopic (exact) mass is 435 g/mol. The van der Waals surface area contributed by atoms with E-state index in [0.717, 1.165) is 12.0 Å². The van der Waals surface area contributed by atoms with Gasteiger partial charge in [-0.15, -0.1) is 0 Å². The summed E-state index contributed by atoms with van der Waals surface area (Å²) in [6.45, 7) is 8.44. The average Bonchev–Trinajstić information content (AvgIpc) is 3.20. The van der Waals surface area contributed by atoms with Crippen molar-refractivity contribution in [3.8, 4) is 11.5 Å². The maximum atomic E-state index is 13.2. The van der Waals surface area contributed by atoms with Gasteiger partial charge in [-0.2, -0.15) is 0 Å². The van der Waals surface area contributed by atoms with Crippen molar-refractivity contribution in [3.05, 3.63) is 23.8 Å². The van der Waals surface area contributed by atoms with E-state index in [1.165, 1.54) is 0 Å². The Labute approximate surface area is 184 Å². The molecular formula is C23H33NO5S. The number of rotatable bonds is 9. The van der Waals surface area contributed by atoms with Crippen LogP contribution in [0.5, 0.6) is 11.5 Å². The Bertz CT molecular complexity index is 792. The van der Waals surface area contributed by atoms with Gasteiger partial charge in [-0.1, -0.05) is 33.8 Å². The number of ether oxygens (including phenoxy) is 3. The third-order valence-corrected chi connectivity index (χ3v) is 6.24. The molecule has 1 heterocycles. The Morgan fingerprint density at radius 1 is 1.17 bits per heavy atom. The van der Waals surface area contributed by atoms with Gasteiger partial charge in [0.25, 0.3) is 5.91 Å². The SMILES string of the molecule is CCCOC(=S)[C@@H]1C(c2ccc(OC)c(OC)c2)CCN1C(=O)C(=O)C(C)(C)CC. The molecule has 2 rings (SSSR count). The van der Waals surface area contributed by atoms with Crippen molar-refractivity contribution >= 4 is 29.0 Å². The van der Waals surface area contributed by atoms with Crippen LogP contribution >= 0.6 is 12.2 Å². The van der Waals surface area contributed by atoms with E-state index < -0.39 is 17.4 Å². The van der Waals surface area contributed by atoms with Gasteiger partial charge in [-0.25, -0.2) is 0 Å². The number of thiocarbonyl (C=S) groups is 1.